The summed E-state index contributed by atoms with van der Waals surface area (Å²) in [5, 5.41) is 0.969. The van der Waals surface area contributed by atoms with Gasteiger partial charge in [0, 0.05) is 10.4 Å². The van der Waals surface area contributed by atoms with Gasteiger partial charge in [0.25, 0.3) is 0 Å². The Morgan fingerprint density at radius 3 is 2.70 bits per heavy atom. The lowest BCUT2D eigenvalue weighted by atomic mass is 10.1. The normalized spacial score (nSPS) is 13.8. The highest BCUT2D eigenvalue weighted by Crippen LogP contribution is 2.37. The molecule has 0 amide bonds. The second kappa shape index (κ2) is 7.44. The Hall–Kier alpha value is -2.80. The van der Waals surface area contributed by atoms with E-state index in [2.05, 4.69) is 9.97 Å². The average Bonchev–Trinajstić information content (AvgIpc) is 2.88. The van der Waals surface area contributed by atoms with Crippen molar-refractivity contribution in [1.82, 2.24) is 9.97 Å². The minimum atomic E-state index is -0.489. The van der Waals surface area contributed by atoms with Gasteiger partial charge in [-0.15, -0.1) is 11.3 Å². The molecule has 0 aliphatic heterocycles. The number of thiophene rings is 1. The van der Waals surface area contributed by atoms with Gasteiger partial charge in [0.2, 0.25) is 0 Å². The van der Waals surface area contributed by atoms with Crippen molar-refractivity contribution in [2.45, 2.75) is 38.7 Å². The molecule has 7 heteroatoms. The van der Waals surface area contributed by atoms with Crippen LogP contribution in [0.2, 0.25) is 0 Å². The van der Waals surface area contributed by atoms with Crippen LogP contribution in [-0.4, -0.2) is 22.2 Å². The number of aryl methyl sites for hydroxylation is 2. The van der Waals surface area contributed by atoms with Gasteiger partial charge in [-0.25, -0.2) is 14.8 Å². The lowest BCUT2D eigenvalue weighted by Crippen LogP contribution is -2.08. The molecule has 2 heterocycles. The van der Waals surface area contributed by atoms with Crippen molar-refractivity contribution in [2.24, 2.45) is 0 Å². The van der Waals surface area contributed by atoms with Crippen LogP contribution < -0.4 is 5.73 Å². The number of ether oxygens (including phenoxy) is 1. The van der Waals surface area contributed by atoms with E-state index < -0.39 is 5.97 Å². The number of hydrogen-bond acceptors (Lipinski definition) is 7. The van der Waals surface area contributed by atoms with Crippen molar-refractivity contribution in [1.29, 1.82) is 0 Å². The van der Waals surface area contributed by atoms with Gasteiger partial charge in [0.15, 0.2) is 12.4 Å². The molecule has 0 atom stereocenters. The summed E-state index contributed by atoms with van der Waals surface area (Å²) >= 11 is 1.67. The number of rotatable bonds is 4. The molecule has 0 unspecified atom stereocenters. The minimum Gasteiger partial charge on any atom is -0.454 e. The number of carbonyl (C=O) groups is 2. The van der Waals surface area contributed by atoms with Crippen molar-refractivity contribution in [3.8, 4) is 0 Å². The second-order valence-electron chi connectivity index (χ2n) is 6.59. The number of carbonyl (C=O) groups excluding carboxylic acids is 2. The first kappa shape index (κ1) is 17.6. The van der Waals surface area contributed by atoms with Crippen LogP contribution in [0.15, 0.2) is 24.3 Å². The number of hydrogen-bond donors (Lipinski definition) is 1. The fraction of sp³-hybridized carbons (Fsp3) is 0.300. The largest absolute Gasteiger partial charge is 0.454 e. The Morgan fingerprint density at radius 2 is 1.93 bits per heavy atom. The lowest BCUT2D eigenvalue weighted by Gasteiger charge is -2.06. The molecule has 138 valence electrons. The number of aromatic nitrogens is 2. The van der Waals surface area contributed by atoms with E-state index in [0.717, 1.165) is 29.3 Å². The molecular weight excluding hydrogens is 362 g/mol. The molecule has 4 rings (SSSR count). The first-order valence-corrected chi connectivity index (χ1v) is 9.76. The van der Waals surface area contributed by atoms with Gasteiger partial charge < -0.3 is 10.5 Å². The summed E-state index contributed by atoms with van der Waals surface area (Å²) in [6.07, 6.45) is 6.42. The maximum atomic E-state index is 12.2. The van der Waals surface area contributed by atoms with E-state index in [1.165, 1.54) is 29.7 Å². The van der Waals surface area contributed by atoms with E-state index in [9.17, 15) is 9.59 Å². The Morgan fingerprint density at radius 1 is 1.15 bits per heavy atom. The highest BCUT2D eigenvalue weighted by atomic mass is 32.1. The maximum absolute atomic E-state index is 12.2. The van der Waals surface area contributed by atoms with Crippen LogP contribution >= 0.6 is 11.3 Å². The van der Waals surface area contributed by atoms with Crippen LogP contribution in [-0.2, 0) is 24.2 Å². The summed E-state index contributed by atoms with van der Waals surface area (Å²) < 4.78 is 5.31. The van der Waals surface area contributed by atoms with Gasteiger partial charge >= 0.3 is 5.97 Å². The van der Waals surface area contributed by atoms with Crippen LogP contribution in [0.4, 0.5) is 5.82 Å². The number of fused-ring (bicyclic) bond motifs is 3. The van der Waals surface area contributed by atoms with E-state index in [0.29, 0.717) is 22.8 Å². The molecule has 1 aliphatic rings. The third-order valence-electron chi connectivity index (χ3n) is 4.75. The highest BCUT2D eigenvalue weighted by Gasteiger charge is 2.19. The second-order valence-corrected chi connectivity index (χ2v) is 7.67. The summed E-state index contributed by atoms with van der Waals surface area (Å²) in [7, 11) is 0. The van der Waals surface area contributed by atoms with Crippen molar-refractivity contribution >= 4 is 39.6 Å². The zero-order valence-corrected chi connectivity index (χ0v) is 15.6. The summed E-state index contributed by atoms with van der Waals surface area (Å²) in [5.74, 6) is 0.367. The van der Waals surface area contributed by atoms with Gasteiger partial charge in [-0.3, -0.25) is 4.79 Å². The minimum absolute atomic E-state index is 0.0447. The molecule has 0 spiro atoms. The number of nitrogen functional groups attached to an aromatic ring is 1. The highest BCUT2D eigenvalue weighted by molar-refractivity contribution is 7.19. The first-order chi connectivity index (χ1) is 13.2. The maximum Gasteiger partial charge on any atom is 0.338 e. The standard InChI is InChI=1S/C20H19N3O3S/c21-18-17-14-4-2-1-3-5-15(14)27-19(17)23-16(22-18)11-26-20(25)13-8-6-12(10-24)7-9-13/h6-10H,1-5,11H2,(H2,21,22,23). The van der Waals surface area contributed by atoms with E-state index in [1.54, 1.807) is 35.6 Å². The number of esters is 1. The predicted octanol–water partition coefficient (Wildman–Crippen LogP) is 3.71. The molecule has 3 aromatic rings. The van der Waals surface area contributed by atoms with Gasteiger partial charge in [0.05, 0.1) is 10.9 Å². The predicted molar refractivity (Wildman–Crippen MR) is 104 cm³/mol. The third-order valence-corrected chi connectivity index (χ3v) is 5.94. The zero-order valence-electron chi connectivity index (χ0n) is 14.7. The van der Waals surface area contributed by atoms with Crippen LogP contribution in [0.5, 0.6) is 0 Å². The molecule has 2 N–H and O–H groups in total. The molecular formula is C20H19N3O3S. The van der Waals surface area contributed by atoms with E-state index in [1.807, 2.05) is 0 Å². The van der Waals surface area contributed by atoms with Crippen molar-refractivity contribution in [3.63, 3.8) is 0 Å². The summed E-state index contributed by atoms with van der Waals surface area (Å²) in [6.45, 7) is -0.0447. The molecule has 0 saturated heterocycles. The van der Waals surface area contributed by atoms with Crippen molar-refractivity contribution in [2.75, 3.05) is 5.73 Å². The Labute approximate surface area is 160 Å². The molecule has 1 aromatic carbocycles. The summed E-state index contributed by atoms with van der Waals surface area (Å²) in [5.41, 5.74) is 8.38. The average molecular weight is 381 g/mol. The Balaban J connectivity index is 1.53. The third kappa shape index (κ3) is 3.55. The number of benzene rings is 1. The SMILES string of the molecule is Nc1nc(COC(=O)c2ccc(C=O)cc2)nc2sc3c(c12)CCCCC3. The fourth-order valence-electron chi connectivity index (χ4n) is 3.38. The van der Waals surface area contributed by atoms with E-state index in [4.69, 9.17) is 10.5 Å². The van der Waals surface area contributed by atoms with Gasteiger partial charge in [-0.2, -0.15) is 0 Å². The van der Waals surface area contributed by atoms with E-state index >= 15 is 0 Å². The molecule has 27 heavy (non-hydrogen) atoms. The zero-order chi connectivity index (χ0) is 18.8. The van der Waals surface area contributed by atoms with Crippen molar-refractivity contribution in [3.05, 3.63) is 51.7 Å². The molecule has 2 aromatic heterocycles. The van der Waals surface area contributed by atoms with Crippen LogP contribution in [0.25, 0.3) is 10.2 Å². The summed E-state index contributed by atoms with van der Waals surface area (Å²) in [4.78, 5) is 34.0. The first-order valence-electron chi connectivity index (χ1n) is 8.94. The van der Waals surface area contributed by atoms with Crippen molar-refractivity contribution < 1.29 is 14.3 Å². The number of nitrogens with zero attached hydrogens (tertiary/aromatic N) is 2. The smallest absolute Gasteiger partial charge is 0.338 e. The summed E-state index contributed by atoms with van der Waals surface area (Å²) in [6, 6.07) is 6.26. The number of anilines is 1. The Kier molecular flexibility index (Phi) is 4.85. The molecule has 0 fully saturated rings. The lowest BCUT2D eigenvalue weighted by molar-refractivity contribution is 0.0462. The molecule has 0 saturated carbocycles. The van der Waals surface area contributed by atoms with Crippen LogP contribution in [0.1, 0.15) is 56.2 Å². The molecule has 1 aliphatic carbocycles. The van der Waals surface area contributed by atoms with Gasteiger partial charge in [-0.1, -0.05) is 18.6 Å². The number of aldehydes is 1. The molecule has 0 radical (unpaired) electrons. The number of nitrogens with two attached hydrogens (primary N) is 1. The topological polar surface area (TPSA) is 95.2 Å². The monoisotopic (exact) mass is 381 g/mol. The molecule has 0 bridgehead atoms. The van der Waals surface area contributed by atoms with E-state index in [-0.39, 0.29) is 6.61 Å². The van der Waals surface area contributed by atoms with Gasteiger partial charge in [0.1, 0.15) is 16.9 Å². The van der Waals surface area contributed by atoms with Gasteiger partial charge in [-0.05, 0) is 43.4 Å². The fourth-order valence-corrected chi connectivity index (χ4v) is 4.67. The quantitative estimate of drug-likeness (QED) is 0.420. The Bertz CT molecular complexity index is 1010. The van der Waals surface area contributed by atoms with Crippen LogP contribution in [0.3, 0.4) is 0 Å². The van der Waals surface area contributed by atoms with Crippen LogP contribution in [0, 0.1) is 0 Å². The molecule has 6 nitrogen and oxygen atoms in total.